The Morgan fingerprint density at radius 2 is 1.44 bits per heavy atom. The topological polar surface area (TPSA) is 30.5 Å². The van der Waals surface area contributed by atoms with E-state index in [4.69, 9.17) is 9.47 Å². The molecule has 0 amide bonds. The highest BCUT2D eigenvalue weighted by molar-refractivity contribution is 5.86. The summed E-state index contributed by atoms with van der Waals surface area (Å²) < 4.78 is 10.8. The highest BCUT2D eigenvalue weighted by Crippen LogP contribution is 2.32. The predicted octanol–water partition coefficient (Wildman–Crippen LogP) is 4.61. The third kappa shape index (κ3) is 4.88. The van der Waals surface area contributed by atoms with Gasteiger partial charge in [0.25, 0.3) is 0 Å². The molecule has 1 N–H and O–H groups in total. The third-order valence-corrected chi connectivity index (χ3v) is 4.17. The second-order valence-electron chi connectivity index (χ2n) is 5.80. The molecule has 0 radical (unpaired) electrons. The van der Waals surface area contributed by atoms with Gasteiger partial charge in [0.1, 0.15) is 0 Å². The van der Waals surface area contributed by atoms with Crippen LogP contribution in [0.5, 0.6) is 11.5 Å². The van der Waals surface area contributed by atoms with E-state index in [1.807, 2.05) is 18.2 Å². The molecule has 0 bridgehead atoms. The zero-order valence-corrected chi connectivity index (χ0v) is 15.4. The summed E-state index contributed by atoms with van der Waals surface area (Å²) >= 11 is 0. The lowest BCUT2D eigenvalue weighted by molar-refractivity contribution is 0.356. The van der Waals surface area contributed by atoms with E-state index in [2.05, 4.69) is 47.8 Å². The van der Waals surface area contributed by atoms with Crippen molar-refractivity contribution in [3.8, 4) is 11.5 Å². The summed E-state index contributed by atoms with van der Waals surface area (Å²) in [5.41, 5.74) is 2.63. The van der Waals surface area contributed by atoms with Crippen molar-refractivity contribution in [3.63, 3.8) is 0 Å². The van der Waals surface area contributed by atoms with E-state index >= 15 is 0 Å². The summed E-state index contributed by atoms with van der Waals surface area (Å²) in [4.78, 5) is 0. The molecule has 132 valence electrons. The van der Waals surface area contributed by atoms with Gasteiger partial charge in [0.2, 0.25) is 0 Å². The lowest BCUT2D eigenvalue weighted by Gasteiger charge is -2.10. The highest BCUT2D eigenvalue weighted by atomic mass is 35.5. The number of hydrogen-bond acceptors (Lipinski definition) is 3. The molecule has 0 aliphatic carbocycles. The maximum Gasteiger partial charge on any atom is 0.161 e. The summed E-state index contributed by atoms with van der Waals surface area (Å²) in [6.45, 7) is 1.85. The van der Waals surface area contributed by atoms with Gasteiger partial charge in [-0.1, -0.05) is 48.5 Å². The van der Waals surface area contributed by atoms with Crippen LogP contribution in [0.3, 0.4) is 0 Å². The number of hydrogen-bond donors (Lipinski definition) is 1. The average molecular weight is 358 g/mol. The molecule has 0 atom stereocenters. The fourth-order valence-corrected chi connectivity index (χ4v) is 2.84. The van der Waals surface area contributed by atoms with E-state index < -0.39 is 0 Å². The van der Waals surface area contributed by atoms with Crippen molar-refractivity contribution in [1.82, 2.24) is 5.32 Å². The molecule has 0 aliphatic heterocycles. The monoisotopic (exact) mass is 357 g/mol. The van der Waals surface area contributed by atoms with E-state index in [1.165, 1.54) is 16.5 Å². The SMILES string of the molecule is COc1cc2ccc(CCNCc3ccccc3)cc2cc1OC.Cl. The van der Waals surface area contributed by atoms with Crippen molar-refractivity contribution >= 4 is 23.2 Å². The van der Waals surface area contributed by atoms with E-state index in [9.17, 15) is 0 Å². The van der Waals surface area contributed by atoms with Crippen LogP contribution >= 0.6 is 12.4 Å². The average Bonchev–Trinajstić information content (AvgIpc) is 2.64. The van der Waals surface area contributed by atoms with Gasteiger partial charge in [-0.2, -0.15) is 0 Å². The standard InChI is InChI=1S/C21H23NO2.ClH/c1-23-20-13-18-9-8-16(12-19(18)14-21(20)24-2)10-11-22-15-17-6-4-3-5-7-17;/h3-9,12-14,22H,10-11,15H2,1-2H3;1H. The normalized spacial score (nSPS) is 10.3. The second-order valence-corrected chi connectivity index (χ2v) is 5.80. The molecule has 0 fully saturated rings. The van der Waals surface area contributed by atoms with Crippen LogP contribution in [0.1, 0.15) is 11.1 Å². The molecule has 3 aromatic carbocycles. The van der Waals surface area contributed by atoms with Crippen molar-refractivity contribution in [2.75, 3.05) is 20.8 Å². The molecule has 0 saturated carbocycles. The van der Waals surface area contributed by atoms with Crippen LogP contribution in [0, 0.1) is 0 Å². The summed E-state index contributed by atoms with van der Waals surface area (Å²) in [6, 6.07) is 21.1. The Kier molecular flexibility index (Phi) is 7.11. The molecule has 25 heavy (non-hydrogen) atoms. The smallest absolute Gasteiger partial charge is 0.161 e. The van der Waals surface area contributed by atoms with E-state index in [-0.39, 0.29) is 12.4 Å². The number of fused-ring (bicyclic) bond motifs is 1. The molecule has 4 heteroatoms. The molecule has 3 rings (SSSR count). The quantitative estimate of drug-likeness (QED) is 0.626. The van der Waals surface area contributed by atoms with E-state index in [0.29, 0.717) is 0 Å². The Hall–Kier alpha value is -2.23. The van der Waals surface area contributed by atoms with Crippen LogP contribution in [-0.4, -0.2) is 20.8 Å². The first kappa shape index (κ1) is 19.1. The largest absolute Gasteiger partial charge is 0.493 e. The molecule has 0 aliphatic rings. The minimum atomic E-state index is 0. The van der Waals surface area contributed by atoms with Gasteiger partial charge < -0.3 is 14.8 Å². The van der Waals surface area contributed by atoms with E-state index in [1.54, 1.807) is 14.2 Å². The lowest BCUT2D eigenvalue weighted by Crippen LogP contribution is -2.16. The molecule has 0 unspecified atom stereocenters. The summed E-state index contributed by atoms with van der Waals surface area (Å²) in [5.74, 6) is 1.53. The minimum absolute atomic E-state index is 0. The van der Waals surface area contributed by atoms with Gasteiger partial charge in [0.15, 0.2) is 11.5 Å². The Morgan fingerprint density at radius 1 is 0.760 bits per heavy atom. The van der Waals surface area contributed by atoms with Gasteiger partial charge in [-0.3, -0.25) is 0 Å². The molecule has 0 saturated heterocycles. The van der Waals surface area contributed by atoms with Crippen molar-refractivity contribution in [3.05, 3.63) is 71.8 Å². The first-order chi connectivity index (χ1) is 11.8. The molecule has 0 heterocycles. The fraction of sp³-hybridized carbons (Fsp3) is 0.238. The second kappa shape index (κ2) is 9.30. The summed E-state index contributed by atoms with van der Waals surface area (Å²) in [5, 5.41) is 5.83. The van der Waals surface area contributed by atoms with Gasteiger partial charge in [0, 0.05) is 6.54 Å². The first-order valence-corrected chi connectivity index (χ1v) is 8.19. The Balaban J connectivity index is 0.00000225. The Morgan fingerprint density at radius 3 is 2.12 bits per heavy atom. The number of methoxy groups -OCH3 is 2. The Bertz CT molecular complexity index is 806. The summed E-state index contributed by atoms with van der Waals surface area (Å²) in [6.07, 6.45) is 0.997. The number of benzene rings is 3. The number of rotatable bonds is 7. The maximum atomic E-state index is 5.39. The number of halogens is 1. The number of nitrogens with one attached hydrogen (secondary N) is 1. The van der Waals surface area contributed by atoms with Gasteiger partial charge in [0.05, 0.1) is 14.2 Å². The molecule has 0 aromatic heterocycles. The van der Waals surface area contributed by atoms with Crippen molar-refractivity contribution in [1.29, 1.82) is 0 Å². The predicted molar refractivity (Wildman–Crippen MR) is 106 cm³/mol. The van der Waals surface area contributed by atoms with Gasteiger partial charge >= 0.3 is 0 Å². The first-order valence-electron chi connectivity index (χ1n) is 8.19. The minimum Gasteiger partial charge on any atom is -0.493 e. The molecule has 3 aromatic rings. The van der Waals surface area contributed by atoms with Gasteiger partial charge in [-0.05, 0) is 47.0 Å². The number of ether oxygens (including phenoxy) is 2. The Labute approximate surface area is 155 Å². The van der Waals surface area contributed by atoms with Crippen molar-refractivity contribution in [2.45, 2.75) is 13.0 Å². The molecule has 0 spiro atoms. The zero-order chi connectivity index (χ0) is 16.8. The summed E-state index contributed by atoms with van der Waals surface area (Å²) in [7, 11) is 3.33. The van der Waals surface area contributed by atoms with Crippen LogP contribution in [0.25, 0.3) is 10.8 Å². The van der Waals surface area contributed by atoms with Crippen LogP contribution in [0.15, 0.2) is 60.7 Å². The maximum absolute atomic E-state index is 5.39. The van der Waals surface area contributed by atoms with Crippen LogP contribution in [-0.2, 0) is 13.0 Å². The molecule has 3 nitrogen and oxygen atoms in total. The third-order valence-electron chi connectivity index (χ3n) is 4.17. The van der Waals surface area contributed by atoms with Crippen LogP contribution < -0.4 is 14.8 Å². The molecular weight excluding hydrogens is 334 g/mol. The van der Waals surface area contributed by atoms with Crippen molar-refractivity contribution in [2.24, 2.45) is 0 Å². The fourth-order valence-electron chi connectivity index (χ4n) is 2.84. The zero-order valence-electron chi connectivity index (χ0n) is 14.6. The van der Waals surface area contributed by atoms with Crippen LogP contribution in [0.4, 0.5) is 0 Å². The van der Waals surface area contributed by atoms with Crippen LogP contribution in [0.2, 0.25) is 0 Å². The van der Waals surface area contributed by atoms with Gasteiger partial charge in [-0.15, -0.1) is 12.4 Å². The highest BCUT2D eigenvalue weighted by Gasteiger charge is 2.06. The van der Waals surface area contributed by atoms with Crippen molar-refractivity contribution < 1.29 is 9.47 Å². The van der Waals surface area contributed by atoms with Gasteiger partial charge in [-0.25, -0.2) is 0 Å². The lowest BCUT2D eigenvalue weighted by atomic mass is 10.0. The van der Waals surface area contributed by atoms with E-state index in [0.717, 1.165) is 36.4 Å². The molecular formula is C21H24ClNO2.